The lowest BCUT2D eigenvalue weighted by Crippen LogP contribution is -2.39. The van der Waals surface area contributed by atoms with Gasteiger partial charge in [-0.1, -0.05) is 18.9 Å². The van der Waals surface area contributed by atoms with Gasteiger partial charge in [-0.05, 0) is 19.4 Å². The van der Waals surface area contributed by atoms with E-state index in [2.05, 4.69) is 40.0 Å². The standard InChI is InChI=1S/C13H25N5O3/c1-9(2)7-14-8-11-17-18-13(21-11)16-10(3)12(19)15-5-6-20-4/h9-10,14H,5-8H2,1-4H3,(H,15,19)(H,16,18). The predicted molar refractivity (Wildman–Crippen MR) is 78.8 cm³/mol. The van der Waals surface area contributed by atoms with Gasteiger partial charge in [0.25, 0.3) is 0 Å². The number of nitrogens with zero attached hydrogens (tertiary/aromatic N) is 2. The summed E-state index contributed by atoms with van der Waals surface area (Å²) in [7, 11) is 1.58. The molecule has 0 spiro atoms. The average Bonchev–Trinajstić information content (AvgIpc) is 2.86. The molecule has 1 aromatic rings. The summed E-state index contributed by atoms with van der Waals surface area (Å²) < 4.78 is 10.3. The first kappa shape index (κ1) is 17.4. The molecule has 1 aromatic heterocycles. The fraction of sp³-hybridized carbons (Fsp3) is 0.769. The van der Waals surface area contributed by atoms with Crippen LogP contribution < -0.4 is 16.0 Å². The van der Waals surface area contributed by atoms with E-state index in [0.29, 0.717) is 31.5 Å². The predicted octanol–water partition coefficient (Wildman–Crippen LogP) is 0.378. The Morgan fingerprint density at radius 1 is 1.33 bits per heavy atom. The van der Waals surface area contributed by atoms with E-state index in [1.54, 1.807) is 14.0 Å². The molecule has 1 unspecified atom stereocenters. The number of nitrogens with one attached hydrogen (secondary N) is 3. The number of methoxy groups -OCH3 is 1. The summed E-state index contributed by atoms with van der Waals surface area (Å²) in [6.45, 7) is 8.31. The zero-order valence-corrected chi connectivity index (χ0v) is 13.1. The molecule has 120 valence electrons. The van der Waals surface area contributed by atoms with E-state index < -0.39 is 6.04 Å². The van der Waals surface area contributed by atoms with Crippen LogP contribution in [-0.4, -0.2) is 49.0 Å². The molecule has 0 saturated carbocycles. The van der Waals surface area contributed by atoms with E-state index >= 15 is 0 Å². The van der Waals surface area contributed by atoms with Gasteiger partial charge in [-0.3, -0.25) is 4.79 Å². The van der Waals surface area contributed by atoms with Gasteiger partial charge in [-0.25, -0.2) is 0 Å². The highest BCUT2D eigenvalue weighted by Crippen LogP contribution is 2.07. The van der Waals surface area contributed by atoms with Crippen LogP contribution in [-0.2, 0) is 16.1 Å². The Hall–Kier alpha value is -1.67. The van der Waals surface area contributed by atoms with Crippen molar-refractivity contribution in [3.05, 3.63) is 5.89 Å². The maximum absolute atomic E-state index is 11.7. The number of rotatable bonds is 10. The van der Waals surface area contributed by atoms with Crippen LogP contribution in [0.15, 0.2) is 4.42 Å². The zero-order chi connectivity index (χ0) is 15.7. The van der Waals surface area contributed by atoms with E-state index in [-0.39, 0.29) is 11.9 Å². The van der Waals surface area contributed by atoms with Crippen LogP contribution in [0.5, 0.6) is 0 Å². The Morgan fingerprint density at radius 2 is 2.10 bits per heavy atom. The van der Waals surface area contributed by atoms with Crippen LogP contribution in [0.1, 0.15) is 26.7 Å². The fourth-order valence-electron chi connectivity index (χ4n) is 1.53. The van der Waals surface area contributed by atoms with Gasteiger partial charge in [0.1, 0.15) is 6.04 Å². The quantitative estimate of drug-likeness (QED) is 0.537. The van der Waals surface area contributed by atoms with Crippen molar-refractivity contribution >= 4 is 11.9 Å². The number of aromatic nitrogens is 2. The smallest absolute Gasteiger partial charge is 0.316 e. The number of carbonyl (C=O) groups is 1. The van der Waals surface area contributed by atoms with Crippen LogP contribution in [0.2, 0.25) is 0 Å². The lowest BCUT2D eigenvalue weighted by molar-refractivity contribution is -0.121. The van der Waals surface area contributed by atoms with Crippen molar-refractivity contribution in [1.82, 2.24) is 20.8 Å². The zero-order valence-electron chi connectivity index (χ0n) is 13.1. The number of carbonyl (C=O) groups excluding carboxylic acids is 1. The molecule has 0 aromatic carbocycles. The summed E-state index contributed by atoms with van der Waals surface area (Å²) in [5.41, 5.74) is 0. The van der Waals surface area contributed by atoms with Gasteiger partial charge in [-0.2, -0.15) is 0 Å². The van der Waals surface area contributed by atoms with Crippen molar-refractivity contribution in [1.29, 1.82) is 0 Å². The van der Waals surface area contributed by atoms with Gasteiger partial charge in [0.05, 0.1) is 13.2 Å². The Labute approximate surface area is 125 Å². The van der Waals surface area contributed by atoms with Crippen LogP contribution in [0.3, 0.4) is 0 Å². The molecule has 0 radical (unpaired) electrons. The van der Waals surface area contributed by atoms with Crippen molar-refractivity contribution in [3.63, 3.8) is 0 Å². The number of ether oxygens (including phenoxy) is 1. The van der Waals surface area contributed by atoms with Crippen molar-refractivity contribution < 1.29 is 13.9 Å². The van der Waals surface area contributed by atoms with E-state index in [0.717, 1.165) is 6.54 Å². The highest BCUT2D eigenvalue weighted by atomic mass is 16.5. The molecule has 1 amide bonds. The summed E-state index contributed by atoms with van der Waals surface area (Å²) >= 11 is 0. The first-order chi connectivity index (χ1) is 10.0. The molecule has 0 aliphatic carbocycles. The van der Waals surface area contributed by atoms with Crippen LogP contribution in [0.25, 0.3) is 0 Å². The second kappa shape index (κ2) is 9.30. The fourth-order valence-corrected chi connectivity index (χ4v) is 1.53. The molecular weight excluding hydrogens is 274 g/mol. The normalized spacial score (nSPS) is 12.4. The molecule has 1 atom stereocenters. The number of hydrogen-bond donors (Lipinski definition) is 3. The summed E-state index contributed by atoms with van der Waals surface area (Å²) in [5.74, 6) is 0.899. The van der Waals surface area contributed by atoms with Crippen molar-refractivity contribution in [3.8, 4) is 0 Å². The molecule has 0 aliphatic rings. The summed E-state index contributed by atoms with van der Waals surface area (Å²) in [4.78, 5) is 11.7. The maximum Gasteiger partial charge on any atom is 0.316 e. The molecule has 8 heteroatoms. The molecule has 0 saturated heterocycles. The Bertz CT molecular complexity index is 422. The first-order valence-corrected chi connectivity index (χ1v) is 7.09. The lowest BCUT2D eigenvalue weighted by atomic mass is 10.2. The largest absolute Gasteiger partial charge is 0.407 e. The summed E-state index contributed by atoms with van der Waals surface area (Å²) in [6.07, 6.45) is 0. The third-order valence-corrected chi connectivity index (χ3v) is 2.63. The number of anilines is 1. The van der Waals surface area contributed by atoms with E-state index in [1.165, 1.54) is 0 Å². The Kier molecular flexibility index (Phi) is 7.70. The van der Waals surface area contributed by atoms with Crippen LogP contribution >= 0.6 is 0 Å². The monoisotopic (exact) mass is 299 g/mol. The van der Waals surface area contributed by atoms with Gasteiger partial charge in [0, 0.05) is 13.7 Å². The highest BCUT2D eigenvalue weighted by Gasteiger charge is 2.15. The molecule has 0 aliphatic heterocycles. The average molecular weight is 299 g/mol. The van der Waals surface area contributed by atoms with Gasteiger partial charge >= 0.3 is 6.01 Å². The van der Waals surface area contributed by atoms with E-state index in [4.69, 9.17) is 9.15 Å². The van der Waals surface area contributed by atoms with Crippen molar-refractivity contribution in [2.75, 3.05) is 32.1 Å². The topological polar surface area (TPSA) is 101 Å². The number of amides is 1. The van der Waals surface area contributed by atoms with Crippen LogP contribution in [0, 0.1) is 5.92 Å². The highest BCUT2D eigenvalue weighted by molar-refractivity contribution is 5.83. The second-order valence-electron chi connectivity index (χ2n) is 5.18. The Balaban J connectivity index is 2.34. The van der Waals surface area contributed by atoms with Gasteiger partial charge in [0.2, 0.25) is 11.8 Å². The third kappa shape index (κ3) is 7.05. The Morgan fingerprint density at radius 3 is 2.76 bits per heavy atom. The third-order valence-electron chi connectivity index (χ3n) is 2.63. The SMILES string of the molecule is COCCNC(=O)C(C)Nc1nnc(CNCC(C)C)o1. The van der Waals surface area contributed by atoms with E-state index in [9.17, 15) is 4.79 Å². The minimum Gasteiger partial charge on any atom is -0.407 e. The molecular formula is C13H25N5O3. The number of hydrogen-bond acceptors (Lipinski definition) is 7. The molecule has 0 bridgehead atoms. The maximum atomic E-state index is 11.7. The van der Waals surface area contributed by atoms with E-state index in [1.807, 2.05) is 0 Å². The minimum absolute atomic E-state index is 0.148. The summed E-state index contributed by atoms with van der Waals surface area (Å²) in [5, 5.41) is 16.6. The lowest BCUT2D eigenvalue weighted by Gasteiger charge is -2.11. The minimum atomic E-state index is -0.459. The molecule has 1 rings (SSSR count). The van der Waals surface area contributed by atoms with Crippen molar-refractivity contribution in [2.45, 2.75) is 33.4 Å². The van der Waals surface area contributed by atoms with Gasteiger partial charge in [0.15, 0.2) is 0 Å². The van der Waals surface area contributed by atoms with Gasteiger partial charge < -0.3 is 25.1 Å². The van der Waals surface area contributed by atoms with Crippen LogP contribution in [0.4, 0.5) is 6.01 Å². The molecule has 8 nitrogen and oxygen atoms in total. The summed E-state index contributed by atoms with van der Waals surface area (Å²) in [6, 6.07) is -0.218. The second-order valence-corrected chi connectivity index (χ2v) is 5.18. The van der Waals surface area contributed by atoms with Gasteiger partial charge in [-0.15, -0.1) is 5.10 Å². The molecule has 0 fully saturated rings. The molecule has 3 N–H and O–H groups in total. The molecule has 21 heavy (non-hydrogen) atoms. The molecule has 1 heterocycles. The first-order valence-electron chi connectivity index (χ1n) is 7.09. The van der Waals surface area contributed by atoms with Crippen molar-refractivity contribution in [2.24, 2.45) is 5.92 Å².